The first-order valence-corrected chi connectivity index (χ1v) is 8.41. The third kappa shape index (κ3) is 3.18. The summed E-state index contributed by atoms with van der Waals surface area (Å²) in [5.41, 5.74) is 3.80. The molecule has 2 unspecified atom stereocenters. The van der Waals surface area contributed by atoms with Gasteiger partial charge in [0.05, 0.1) is 0 Å². The maximum Gasteiger partial charge on any atom is 0.0377 e. The van der Waals surface area contributed by atoms with Gasteiger partial charge in [-0.3, -0.25) is 0 Å². The molecule has 0 bridgehead atoms. The summed E-state index contributed by atoms with van der Waals surface area (Å²) >= 11 is 2.08. The van der Waals surface area contributed by atoms with Crippen molar-refractivity contribution in [3.63, 3.8) is 0 Å². The molecular formula is C18H21NS. The van der Waals surface area contributed by atoms with E-state index in [4.69, 9.17) is 0 Å². The summed E-state index contributed by atoms with van der Waals surface area (Å²) in [6.45, 7) is 2.33. The van der Waals surface area contributed by atoms with E-state index in [1.165, 1.54) is 35.4 Å². The van der Waals surface area contributed by atoms with Crippen LogP contribution in [0.1, 0.15) is 19.8 Å². The van der Waals surface area contributed by atoms with E-state index in [0.29, 0.717) is 11.3 Å². The first kappa shape index (κ1) is 13.6. The van der Waals surface area contributed by atoms with Crippen molar-refractivity contribution >= 4 is 17.4 Å². The molecule has 1 N–H and O–H groups in total. The van der Waals surface area contributed by atoms with Crippen LogP contribution in [-0.4, -0.2) is 17.0 Å². The Kier molecular flexibility index (Phi) is 4.31. The van der Waals surface area contributed by atoms with Gasteiger partial charge in [-0.05, 0) is 41.9 Å². The van der Waals surface area contributed by atoms with E-state index in [1.54, 1.807) is 0 Å². The van der Waals surface area contributed by atoms with E-state index >= 15 is 0 Å². The molecule has 0 saturated carbocycles. The molecule has 1 fully saturated rings. The molecule has 0 spiro atoms. The number of hydrogen-bond acceptors (Lipinski definition) is 2. The molecule has 1 heterocycles. The average Bonchev–Trinajstić information content (AvgIpc) is 2.51. The predicted octanol–water partition coefficient (Wildman–Crippen LogP) is 5.05. The molecule has 1 aliphatic heterocycles. The van der Waals surface area contributed by atoms with Gasteiger partial charge in [0.2, 0.25) is 0 Å². The maximum atomic E-state index is 3.69. The highest BCUT2D eigenvalue weighted by Crippen LogP contribution is 2.28. The fourth-order valence-corrected chi connectivity index (χ4v) is 3.86. The van der Waals surface area contributed by atoms with Crippen molar-refractivity contribution in [2.24, 2.45) is 0 Å². The zero-order valence-corrected chi connectivity index (χ0v) is 12.7. The molecule has 0 radical (unpaired) electrons. The van der Waals surface area contributed by atoms with Gasteiger partial charge in [-0.15, -0.1) is 0 Å². The van der Waals surface area contributed by atoms with Crippen LogP contribution in [0.2, 0.25) is 0 Å². The molecule has 0 aliphatic carbocycles. The molecule has 2 atom stereocenters. The van der Waals surface area contributed by atoms with E-state index < -0.39 is 0 Å². The molecule has 3 rings (SSSR count). The SMILES string of the molecule is CC1SCCCC1Nc1ccc(-c2ccccc2)cc1. The second-order valence-electron chi connectivity index (χ2n) is 5.41. The van der Waals surface area contributed by atoms with E-state index in [1.807, 2.05) is 0 Å². The summed E-state index contributed by atoms with van der Waals surface area (Å²) in [7, 11) is 0. The summed E-state index contributed by atoms with van der Waals surface area (Å²) in [5.74, 6) is 1.31. The van der Waals surface area contributed by atoms with Crippen molar-refractivity contribution in [3.8, 4) is 11.1 Å². The number of anilines is 1. The van der Waals surface area contributed by atoms with E-state index in [2.05, 4.69) is 78.6 Å². The lowest BCUT2D eigenvalue weighted by Gasteiger charge is -2.30. The van der Waals surface area contributed by atoms with Gasteiger partial charge in [-0.25, -0.2) is 0 Å². The largest absolute Gasteiger partial charge is 0.381 e. The van der Waals surface area contributed by atoms with E-state index in [0.717, 1.165) is 0 Å². The molecule has 20 heavy (non-hydrogen) atoms. The van der Waals surface area contributed by atoms with Crippen LogP contribution in [0.15, 0.2) is 54.6 Å². The Bertz CT molecular complexity index is 535. The van der Waals surface area contributed by atoms with Crippen LogP contribution < -0.4 is 5.32 Å². The van der Waals surface area contributed by atoms with Crippen LogP contribution in [0.5, 0.6) is 0 Å². The zero-order valence-electron chi connectivity index (χ0n) is 11.9. The first-order valence-electron chi connectivity index (χ1n) is 7.36. The molecule has 0 aromatic heterocycles. The third-order valence-electron chi connectivity index (χ3n) is 3.95. The van der Waals surface area contributed by atoms with Crippen LogP contribution in [0.4, 0.5) is 5.69 Å². The fourth-order valence-electron chi connectivity index (χ4n) is 2.72. The van der Waals surface area contributed by atoms with Gasteiger partial charge in [0.25, 0.3) is 0 Å². The Morgan fingerprint density at radius 3 is 2.35 bits per heavy atom. The zero-order chi connectivity index (χ0) is 13.8. The van der Waals surface area contributed by atoms with Gasteiger partial charge in [-0.1, -0.05) is 49.4 Å². The summed E-state index contributed by atoms with van der Waals surface area (Å²) in [4.78, 5) is 0. The minimum atomic E-state index is 0.608. The van der Waals surface area contributed by atoms with Crippen LogP contribution in [0.3, 0.4) is 0 Å². The van der Waals surface area contributed by atoms with Crippen LogP contribution >= 0.6 is 11.8 Å². The molecule has 2 aromatic carbocycles. The normalized spacial score (nSPS) is 22.4. The minimum Gasteiger partial charge on any atom is -0.381 e. The first-order chi connectivity index (χ1) is 9.83. The Balaban J connectivity index is 1.70. The van der Waals surface area contributed by atoms with E-state index in [9.17, 15) is 0 Å². The summed E-state index contributed by atoms with van der Waals surface area (Å²) in [5, 5.41) is 4.39. The summed E-state index contributed by atoms with van der Waals surface area (Å²) in [6.07, 6.45) is 2.61. The molecular weight excluding hydrogens is 262 g/mol. The van der Waals surface area contributed by atoms with Gasteiger partial charge in [0.15, 0.2) is 0 Å². The summed E-state index contributed by atoms with van der Waals surface area (Å²) in [6, 6.07) is 20.0. The maximum absolute atomic E-state index is 3.69. The standard InChI is InChI=1S/C18H21NS/c1-14-18(8-5-13-20-14)19-17-11-9-16(10-12-17)15-6-3-2-4-7-15/h2-4,6-7,9-12,14,18-19H,5,8,13H2,1H3. The topological polar surface area (TPSA) is 12.0 Å². The fraction of sp³-hybridized carbons (Fsp3) is 0.333. The number of rotatable bonds is 3. The van der Waals surface area contributed by atoms with Crippen LogP contribution in [-0.2, 0) is 0 Å². The molecule has 0 amide bonds. The lowest BCUT2D eigenvalue weighted by Crippen LogP contribution is -2.32. The second-order valence-corrected chi connectivity index (χ2v) is 6.90. The van der Waals surface area contributed by atoms with Crippen LogP contribution in [0, 0.1) is 0 Å². The van der Waals surface area contributed by atoms with Crippen molar-refractivity contribution in [1.29, 1.82) is 0 Å². The van der Waals surface area contributed by atoms with Gasteiger partial charge in [0, 0.05) is 17.0 Å². The minimum absolute atomic E-state index is 0.608. The monoisotopic (exact) mass is 283 g/mol. The number of nitrogens with one attached hydrogen (secondary N) is 1. The molecule has 1 aliphatic rings. The number of hydrogen-bond donors (Lipinski definition) is 1. The summed E-state index contributed by atoms with van der Waals surface area (Å²) < 4.78 is 0. The van der Waals surface area contributed by atoms with Crippen molar-refractivity contribution in [2.75, 3.05) is 11.1 Å². The molecule has 1 saturated heterocycles. The Labute approximate surface area is 125 Å². The van der Waals surface area contributed by atoms with Crippen molar-refractivity contribution in [3.05, 3.63) is 54.6 Å². The average molecular weight is 283 g/mol. The highest BCUT2D eigenvalue weighted by Gasteiger charge is 2.21. The van der Waals surface area contributed by atoms with E-state index in [-0.39, 0.29) is 0 Å². The number of benzene rings is 2. The lowest BCUT2D eigenvalue weighted by atomic mass is 10.0. The molecule has 2 aromatic rings. The van der Waals surface area contributed by atoms with Gasteiger partial charge in [0.1, 0.15) is 0 Å². The Hall–Kier alpha value is -1.41. The van der Waals surface area contributed by atoms with Crippen molar-refractivity contribution in [2.45, 2.75) is 31.1 Å². The van der Waals surface area contributed by atoms with Gasteiger partial charge in [-0.2, -0.15) is 11.8 Å². The van der Waals surface area contributed by atoms with Gasteiger partial charge >= 0.3 is 0 Å². The smallest absolute Gasteiger partial charge is 0.0377 e. The second kappa shape index (κ2) is 6.36. The molecule has 1 nitrogen and oxygen atoms in total. The highest BCUT2D eigenvalue weighted by molar-refractivity contribution is 8.00. The van der Waals surface area contributed by atoms with Gasteiger partial charge < -0.3 is 5.32 Å². The third-order valence-corrected chi connectivity index (χ3v) is 5.33. The molecule has 2 heteroatoms. The van der Waals surface area contributed by atoms with Crippen LogP contribution in [0.25, 0.3) is 11.1 Å². The molecule has 104 valence electrons. The van der Waals surface area contributed by atoms with Crippen molar-refractivity contribution < 1.29 is 0 Å². The lowest BCUT2D eigenvalue weighted by molar-refractivity contribution is 0.617. The van der Waals surface area contributed by atoms with Crippen molar-refractivity contribution in [1.82, 2.24) is 0 Å². The Morgan fingerprint density at radius 2 is 1.65 bits per heavy atom. The highest BCUT2D eigenvalue weighted by atomic mass is 32.2. The quantitative estimate of drug-likeness (QED) is 0.846. The Morgan fingerprint density at radius 1 is 0.950 bits per heavy atom. The predicted molar refractivity (Wildman–Crippen MR) is 90.4 cm³/mol. The number of thioether (sulfide) groups is 1.